The molecule has 0 fully saturated rings. The molecule has 0 amide bonds. The first-order valence-corrected chi connectivity index (χ1v) is 7.93. The molecule has 0 saturated carbocycles. The third-order valence-corrected chi connectivity index (χ3v) is 4.43. The van der Waals surface area contributed by atoms with Crippen LogP contribution in [0.25, 0.3) is 0 Å². The highest BCUT2D eigenvalue weighted by Gasteiger charge is 2.26. The van der Waals surface area contributed by atoms with Crippen LogP contribution in [0.5, 0.6) is 0 Å². The minimum Gasteiger partial charge on any atom is -0.207 e. The number of benzene rings is 2. The largest absolute Gasteiger partial charge is 0.207 e. The molecule has 2 aromatic carbocycles. The van der Waals surface area contributed by atoms with Gasteiger partial charge in [0.25, 0.3) is 0 Å². The van der Waals surface area contributed by atoms with Crippen molar-refractivity contribution < 1.29 is 13.2 Å². The second kappa shape index (κ2) is 6.56. The van der Waals surface area contributed by atoms with E-state index in [0.29, 0.717) is 17.5 Å². The third kappa shape index (κ3) is 3.72. The van der Waals surface area contributed by atoms with Crippen molar-refractivity contribution in [1.29, 1.82) is 0 Å². The van der Waals surface area contributed by atoms with Gasteiger partial charge in [0.15, 0.2) is 0 Å². The average Bonchev–Trinajstić information content (AvgIpc) is 2.39. The van der Waals surface area contributed by atoms with Gasteiger partial charge in [-0.25, -0.2) is 13.2 Å². The zero-order valence-electron chi connectivity index (χ0n) is 13.7. The number of rotatable bonds is 4. The Labute approximate surface area is 140 Å². The molecule has 0 unspecified atom stereocenters. The number of halogens is 4. The molecule has 124 valence electrons. The first-order chi connectivity index (χ1) is 10.6. The first-order valence-electron chi connectivity index (χ1n) is 7.56. The van der Waals surface area contributed by atoms with Crippen molar-refractivity contribution in [2.24, 2.45) is 0 Å². The average molecular weight is 341 g/mol. The van der Waals surface area contributed by atoms with Crippen molar-refractivity contribution in [3.05, 3.63) is 69.5 Å². The predicted molar refractivity (Wildman–Crippen MR) is 88.6 cm³/mol. The van der Waals surface area contributed by atoms with E-state index in [4.69, 9.17) is 11.6 Å². The van der Waals surface area contributed by atoms with Crippen LogP contribution in [-0.2, 0) is 11.8 Å². The molecule has 0 spiro atoms. The maximum Gasteiger partial charge on any atom is 0.142 e. The molecule has 2 rings (SSSR count). The van der Waals surface area contributed by atoms with Crippen molar-refractivity contribution in [1.82, 2.24) is 0 Å². The Hall–Kier alpha value is -1.48. The second-order valence-electron chi connectivity index (χ2n) is 6.79. The topological polar surface area (TPSA) is 0 Å². The fraction of sp³-hybridized carbons (Fsp3) is 0.368. The van der Waals surface area contributed by atoms with Gasteiger partial charge in [0.2, 0.25) is 0 Å². The van der Waals surface area contributed by atoms with Crippen LogP contribution in [-0.4, -0.2) is 0 Å². The summed E-state index contributed by atoms with van der Waals surface area (Å²) in [6, 6.07) is 7.32. The van der Waals surface area contributed by atoms with Crippen molar-refractivity contribution in [2.45, 2.75) is 45.4 Å². The Morgan fingerprint density at radius 3 is 2.09 bits per heavy atom. The lowest BCUT2D eigenvalue weighted by Crippen LogP contribution is -2.22. The summed E-state index contributed by atoms with van der Waals surface area (Å²) in [6.45, 7) is 7.24. The van der Waals surface area contributed by atoms with E-state index in [-0.39, 0.29) is 16.5 Å². The predicted octanol–water partition coefficient (Wildman–Crippen LogP) is 6.40. The zero-order chi connectivity index (χ0) is 17.4. The van der Waals surface area contributed by atoms with E-state index in [9.17, 15) is 13.2 Å². The molecule has 0 nitrogen and oxygen atoms in total. The van der Waals surface area contributed by atoms with Gasteiger partial charge in [-0.15, -0.1) is 0 Å². The van der Waals surface area contributed by atoms with E-state index in [1.807, 2.05) is 13.8 Å². The summed E-state index contributed by atoms with van der Waals surface area (Å²) in [5, 5.41) is 0.0530. The normalized spacial score (nSPS) is 12.0. The Bertz CT molecular complexity index is 698. The van der Waals surface area contributed by atoms with Crippen LogP contribution in [0, 0.1) is 17.5 Å². The van der Waals surface area contributed by atoms with E-state index >= 15 is 0 Å². The molecule has 0 aromatic heterocycles. The Morgan fingerprint density at radius 2 is 1.57 bits per heavy atom. The molecule has 0 bridgehead atoms. The fourth-order valence-electron chi connectivity index (χ4n) is 2.92. The van der Waals surface area contributed by atoms with E-state index in [2.05, 4.69) is 0 Å². The minimum atomic E-state index is -0.558. The van der Waals surface area contributed by atoms with Gasteiger partial charge in [-0.3, -0.25) is 0 Å². The summed E-state index contributed by atoms with van der Waals surface area (Å²) in [4.78, 5) is 0. The van der Waals surface area contributed by atoms with E-state index in [1.54, 1.807) is 26.0 Å². The maximum atomic E-state index is 14.2. The monoisotopic (exact) mass is 340 g/mol. The first kappa shape index (κ1) is 17.9. The second-order valence-corrected chi connectivity index (χ2v) is 7.17. The molecule has 0 heterocycles. The van der Waals surface area contributed by atoms with E-state index in [0.717, 1.165) is 0 Å². The van der Waals surface area contributed by atoms with Crippen molar-refractivity contribution in [3.8, 4) is 0 Å². The van der Waals surface area contributed by atoms with Crippen LogP contribution >= 0.6 is 11.6 Å². The Balaban J connectivity index is 2.40. The molecule has 4 heteroatoms. The highest BCUT2D eigenvalue weighted by Crippen LogP contribution is 2.35. The van der Waals surface area contributed by atoms with Crippen molar-refractivity contribution in [2.75, 3.05) is 0 Å². The maximum absolute atomic E-state index is 14.2. The quantitative estimate of drug-likeness (QED) is 0.604. The zero-order valence-corrected chi connectivity index (χ0v) is 14.4. The third-order valence-electron chi connectivity index (χ3n) is 4.04. The molecule has 23 heavy (non-hydrogen) atoms. The highest BCUT2D eigenvalue weighted by atomic mass is 35.5. The number of hydrogen-bond acceptors (Lipinski definition) is 0. The fourth-order valence-corrected chi connectivity index (χ4v) is 3.30. The molecule has 2 aromatic rings. The van der Waals surface area contributed by atoms with Crippen molar-refractivity contribution >= 4 is 11.6 Å². The van der Waals surface area contributed by atoms with Crippen LogP contribution in [0.4, 0.5) is 13.2 Å². The number of hydrogen-bond donors (Lipinski definition) is 0. The van der Waals surface area contributed by atoms with Gasteiger partial charge >= 0.3 is 0 Å². The van der Waals surface area contributed by atoms with Gasteiger partial charge in [0.1, 0.15) is 17.5 Å². The highest BCUT2D eigenvalue weighted by molar-refractivity contribution is 6.31. The summed E-state index contributed by atoms with van der Waals surface area (Å²) < 4.78 is 42.0. The molecule has 0 saturated heterocycles. The minimum absolute atomic E-state index is 0.0530. The molecule has 0 radical (unpaired) electrons. The van der Waals surface area contributed by atoms with Crippen LogP contribution in [0.1, 0.15) is 50.3 Å². The molecule has 0 aliphatic heterocycles. The van der Waals surface area contributed by atoms with Gasteiger partial charge in [-0.05, 0) is 47.1 Å². The summed E-state index contributed by atoms with van der Waals surface area (Å²) in [6.07, 6.45) is 0.350. The summed E-state index contributed by atoms with van der Waals surface area (Å²) >= 11 is 6.05. The van der Waals surface area contributed by atoms with Crippen LogP contribution in [0.3, 0.4) is 0 Å². The molecule has 0 aliphatic rings. The SMILES string of the molecule is CC(C)c1c(F)cc(CC(C)(C)c2cccc(F)c2Cl)cc1F. The lowest BCUT2D eigenvalue weighted by atomic mass is 9.79. The van der Waals surface area contributed by atoms with Gasteiger partial charge in [-0.2, -0.15) is 0 Å². The Kier molecular flexibility index (Phi) is 5.10. The molecule has 0 N–H and O–H groups in total. The summed E-state index contributed by atoms with van der Waals surface area (Å²) in [7, 11) is 0. The van der Waals surface area contributed by atoms with Gasteiger partial charge in [0.05, 0.1) is 5.02 Å². The van der Waals surface area contributed by atoms with E-state index in [1.165, 1.54) is 18.2 Å². The van der Waals surface area contributed by atoms with Crippen LogP contribution in [0.15, 0.2) is 30.3 Å². The standard InChI is InChI=1S/C19H20ClF3/c1-11(2)17-15(22)8-12(9-16(17)23)10-19(3,4)13-6-5-7-14(21)18(13)20/h5-9,11H,10H2,1-4H3. The van der Waals surface area contributed by atoms with Crippen LogP contribution in [0.2, 0.25) is 5.02 Å². The lowest BCUT2D eigenvalue weighted by Gasteiger charge is -2.27. The molecule has 0 atom stereocenters. The molecule has 0 aliphatic carbocycles. The van der Waals surface area contributed by atoms with Gasteiger partial charge < -0.3 is 0 Å². The molecular formula is C19H20ClF3. The van der Waals surface area contributed by atoms with Crippen LogP contribution < -0.4 is 0 Å². The lowest BCUT2D eigenvalue weighted by molar-refractivity contribution is 0.502. The summed E-state index contributed by atoms with van der Waals surface area (Å²) in [5.74, 6) is -1.81. The Morgan fingerprint density at radius 1 is 1.00 bits per heavy atom. The van der Waals surface area contributed by atoms with Gasteiger partial charge in [0, 0.05) is 5.56 Å². The molecular weight excluding hydrogens is 321 g/mol. The van der Waals surface area contributed by atoms with E-state index < -0.39 is 22.9 Å². The van der Waals surface area contributed by atoms with Crippen molar-refractivity contribution in [3.63, 3.8) is 0 Å². The van der Waals surface area contributed by atoms with Gasteiger partial charge in [-0.1, -0.05) is 51.4 Å². The summed E-state index contributed by atoms with van der Waals surface area (Å²) in [5.41, 5.74) is 0.676. The smallest absolute Gasteiger partial charge is 0.142 e.